The average Bonchev–Trinajstić information content (AvgIpc) is 2.60. The smallest absolute Gasteiger partial charge is 0.193 e. The van der Waals surface area contributed by atoms with E-state index in [1.165, 1.54) is 50.8 Å². The number of likely N-dealkylation sites (tertiary alicyclic amines) is 1. The van der Waals surface area contributed by atoms with Crippen LogP contribution in [0.5, 0.6) is 0 Å². The molecule has 1 N–H and O–H groups in total. The summed E-state index contributed by atoms with van der Waals surface area (Å²) in [5, 5.41) is 3.50. The van der Waals surface area contributed by atoms with Gasteiger partial charge in [-0.25, -0.2) is 0 Å². The molecule has 1 aliphatic rings. The summed E-state index contributed by atoms with van der Waals surface area (Å²) < 4.78 is 0. The molecule has 0 saturated carbocycles. The van der Waals surface area contributed by atoms with Crippen molar-refractivity contribution in [1.82, 2.24) is 15.1 Å². The number of benzene rings is 1. The lowest BCUT2D eigenvalue weighted by Crippen LogP contribution is -2.40. The molecule has 0 spiro atoms. The molecule has 0 radical (unpaired) electrons. The van der Waals surface area contributed by atoms with Crippen LogP contribution in [0.1, 0.15) is 44.6 Å². The molecule has 1 heterocycles. The van der Waals surface area contributed by atoms with Gasteiger partial charge >= 0.3 is 0 Å². The van der Waals surface area contributed by atoms with Gasteiger partial charge in [-0.2, -0.15) is 0 Å². The molecule has 0 aromatic heterocycles. The van der Waals surface area contributed by atoms with Crippen molar-refractivity contribution in [3.05, 3.63) is 35.9 Å². The quantitative estimate of drug-likeness (QED) is 0.472. The second-order valence-electron chi connectivity index (χ2n) is 6.90. The van der Waals surface area contributed by atoms with Crippen molar-refractivity contribution in [3.63, 3.8) is 0 Å². The van der Waals surface area contributed by atoms with Crippen molar-refractivity contribution < 1.29 is 0 Å². The van der Waals surface area contributed by atoms with E-state index in [4.69, 9.17) is 0 Å². The van der Waals surface area contributed by atoms with Crippen LogP contribution >= 0.6 is 0 Å². The van der Waals surface area contributed by atoms with Crippen LogP contribution in [-0.4, -0.2) is 55.5 Å². The number of piperidine rings is 1. The number of guanidine groups is 1. The Hall–Kier alpha value is -1.55. The van der Waals surface area contributed by atoms with E-state index in [0.29, 0.717) is 0 Å². The number of nitrogens with zero attached hydrogens (tertiary/aromatic N) is 3. The number of aliphatic imine (C=N–C) groups is 1. The monoisotopic (exact) mass is 330 g/mol. The van der Waals surface area contributed by atoms with Crippen molar-refractivity contribution >= 4 is 5.96 Å². The van der Waals surface area contributed by atoms with Crippen LogP contribution < -0.4 is 5.32 Å². The fourth-order valence-corrected chi connectivity index (χ4v) is 3.45. The first-order valence-electron chi connectivity index (χ1n) is 9.40. The van der Waals surface area contributed by atoms with Crippen LogP contribution in [0.15, 0.2) is 35.3 Å². The maximum Gasteiger partial charge on any atom is 0.193 e. The zero-order valence-corrected chi connectivity index (χ0v) is 15.7. The first kappa shape index (κ1) is 18.8. The lowest BCUT2D eigenvalue weighted by Gasteiger charge is -2.33. The molecule has 1 aromatic rings. The highest BCUT2D eigenvalue weighted by atomic mass is 15.3. The van der Waals surface area contributed by atoms with E-state index in [1.807, 2.05) is 7.05 Å². The molecule has 1 aliphatic heterocycles. The maximum absolute atomic E-state index is 4.40. The van der Waals surface area contributed by atoms with Crippen LogP contribution in [0.25, 0.3) is 0 Å². The number of hydrogen-bond acceptors (Lipinski definition) is 2. The Kier molecular flexibility index (Phi) is 8.10. The number of hydrogen-bond donors (Lipinski definition) is 1. The minimum Gasteiger partial charge on any atom is -0.356 e. The Bertz CT molecular complexity index is 486. The standard InChI is InChI=1S/C20H34N4/c1-18-11-7-9-15-24(18)16-10-8-14-22-20(21-2)23(3)17-19-12-5-4-6-13-19/h4-6,12-13,18H,7-11,14-17H2,1-3H3,(H,21,22). The molecule has 1 fully saturated rings. The molecule has 1 atom stereocenters. The predicted octanol–water partition coefficient (Wildman–Crippen LogP) is 3.35. The highest BCUT2D eigenvalue weighted by molar-refractivity contribution is 5.79. The van der Waals surface area contributed by atoms with Gasteiger partial charge in [-0.3, -0.25) is 4.99 Å². The third-order valence-corrected chi connectivity index (χ3v) is 4.93. The maximum atomic E-state index is 4.40. The molecule has 0 bridgehead atoms. The molecular weight excluding hydrogens is 296 g/mol. The zero-order chi connectivity index (χ0) is 17.2. The summed E-state index contributed by atoms with van der Waals surface area (Å²) in [4.78, 5) is 9.24. The lowest BCUT2D eigenvalue weighted by atomic mass is 10.0. The zero-order valence-electron chi connectivity index (χ0n) is 15.7. The summed E-state index contributed by atoms with van der Waals surface area (Å²) in [6.45, 7) is 6.77. The van der Waals surface area contributed by atoms with Crippen LogP contribution in [-0.2, 0) is 6.54 Å². The first-order chi connectivity index (χ1) is 11.7. The van der Waals surface area contributed by atoms with Gasteiger partial charge in [0.15, 0.2) is 5.96 Å². The van der Waals surface area contributed by atoms with Crippen molar-refractivity contribution in [2.45, 2.75) is 51.6 Å². The van der Waals surface area contributed by atoms with Crippen molar-refractivity contribution in [2.75, 3.05) is 33.7 Å². The predicted molar refractivity (Wildman–Crippen MR) is 103 cm³/mol. The summed E-state index contributed by atoms with van der Waals surface area (Å²) >= 11 is 0. The Labute approximate surface area is 147 Å². The minimum absolute atomic E-state index is 0.775. The summed E-state index contributed by atoms with van der Waals surface area (Å²) in [5.41, 5.74) is 1.31. The number of unbranched alkanes of at least 4 members (excludes halogenated alkanes) is 1. The molecule has 4 heteroatoms. The fraction of sp³-hybridized carbons (Fsp3) is 0.650. The Morgan fingerprint density at radius 3 is 2.75 bits per heavy atom. The SMILES string of the molecule is CN=C(NCCCCN1CCCCC1C)N(C)Cc1ccccc1. The van der Waals surface area contributed by atoms with Gasteiger partial charge in [-0.1, -0.05) is 36.8 Å². The molecule has 0 aliphatic carbocycles. The van der Waals surface area contributed by atoms with Gasteiger partial charge in [0.2, 0.25) is 0 Å². The van der Waals surface area contributed by atoms with Gasteiger partial charge in [0, 0.05) is 33.2 Å². The molecule has 1 saturated heterocycles. The van der Waals surface area contributed by atoms with Crippen molar-refractivity contribution in [1.29, 1.82) is 0 Å². The van der Waals surface area contributed by atoms with Crippen LogP contribution in [0.4, 0.5) is 0 Å². The molecule has 24 heavy (non-hydrogen) atoms. The van der Waals surface area contributed by atoms with Gasteiger partial charge in [0.1, 0.15) is 0 Å². The van der Waals surface area contributed by atoms with E-state index in [2.05, 4.69) is 64.4 Å². The molecule has 2 rings (SSSR count). The van der Waals surface area contributed by atoms with Gasteiger partial charge in [-0.05, 0) is 51.3 Å². The van der Waals surface area contributed by atoms with E-state index < -0.39 is 0 Å². The topological polar surface area (TPSA) is 30.9 Å². The third-order valence-electron chi connectivity index (χ3n) is 4.93. The largest absolute Gasteiger partial charge is 0.356 e. The van der Waals surface area contributed by atoms with Crippen LogP contribution in [0, 0.1) is 0 Å². The summed E-state index contributed by atoms with van der Waals surface area (Å²) in [7, 11) is 3.96. The van der Waals surface area contributed by atoms with Gasteiger partial charge in [0.25, 0.3) is 0 Å². The van der Waals surface area contributed by atoms with Gasteiger partial charge < -0.3 is 15.1 Å². The van der Waals surface area contributed by atoms with Crippen LogP contribution in [0.3, 0.4) is 0 Å². The van der Waals surface area contributed by atoms with E-state index >= 15 is 0 Å². The fourth-order valence-electron chi connectivity index (χ4n) is 3.45. The molecule has 1 aromatic carbocycles. The Balaban J connectivity index is 1.64. The molecular formula is C20H34N4. The summed E-state index contributed by atoms with van der Waals surface area (Å²) in [6.07, 6.45) is 6.61. The van der Waals surface area contributed by atoms with Crippen molar-refractivity contribution in [2.24, 2.45) is 4.99 Å². The first-order valence-corrected chi connectivity index (χ1v) is 9.40. The number of nitrogens with one attached hydrogen (secondary N) is 1. The van der Waals surface area contributed by atoms with Crippen LogP contribution in [0.2, 0.25) is 0 Å². The van der Waals surface area contributed by atoms with E-state index in [0.717, 1.165) is 25.1 Å². The van der Waals surface area contributed by atoms with E-state index in [-0.39, 0.29) is 0 Å². The second-order valence-corrected chi connectivity index (χ2v) is 6.90. The normalized spacial score (nSPS) is 19.3. The highest BCUT2D eigenvalue weighted by Crippen LogP contribution is 2.16. The molecule has 1 unspecified atom stereocenters. The molecule has 0 amide bonds. The molecule has 4 nitrogen and oxygen atoms in total. The van der Waals surface area contributed by atoms with Crippen molar-refractivity contribution in [3.8, 4) is 0 Å². The third kappa shape index (κ3) is 6.16. The van der Waals surface area contributed by atoms with Gasteiger partial charge in [-0.15, -0.1) is 0 Å². The summed E-state index contributed by atoms with van der Waals surface area (Å²) in [6, 6.07) is 11.3. The minimum atomic E-state index is 0.775. The van der Waals surface area contributed by atoms with E-state index in [1.54, 1.807) is 0 Å². The lowest BCUT2D eigenvalue weighted by molar-refractivity contribution is 0.158. The second kappa shape index (κ2) is 10.3. The van der Waals surface area contributed by atoms with Gasteiger partial charge in [0.05, 0.1) is 0 Å². The Morgan fingerprint density at radius 1 is 1.25 bits per heavy atom. The van der Waals surface area contributed by atoms with E-state index in [9.17, 15) is 0 Å². The Morgan fingerprint density at radius 2 is 2.04 bits per heavy atom. The molecule has 134 valence electrons. The number of rotatable bonds is 7. The average molecular weight is 331 g/mol. The highest BCUT2D eigenvalue weighted by Gasteiger charge is 2.17. The summed E-state index contributed by atoms with van der Waals surface area (Å²) in [5.74, 6) is 0.977.